The van der Waals surface area contributed by atoms with E-state index in [0.29, 0.717) is 6.54 Å². The number of allylic oxidation sites excluding steroid dienone is 1. The molecule has 2 aliphatic heterocycles. The Balaban J connectivity index is 2.47. The number of carboxylic acids is 1. The van der Waals surface area contributed by atoms with E-state index >= 15 is 0 Å². The third-order valence-electron chi connectivity index (χ3n) is 2.38. The highest BCUT2D eigenvalue weighted by atomic mass is 32.2. The van der Waals surface area contributed by atoms with E-state index < -0.39 is 5.97 Å². The van der Waals surface area contributed by atoms with Crippen molar-refractivity contribution in [3.8, 4) is 0 Å². The van der Waals surface area contributed by atoms with E-state index in [2.05, 4.69) is 6.58 Å². The van der Waals surface area contributed by atoms with Crippen LogP contribution in [0.3, 0.4) is 0 Å². The number of fused-ring (bicyclic) bond motifs is 1. The lowest BCUT2D eigenvalue weighted by molar-refractivity contribution is -0.135. The molecular formula is C9H9NO3S. The van der Waals surface area contributed by atoms with Crippen LogP contribution in [0.2, 0.25) is 0 Å². The van der Waals surface area contributed by atoms with Crippen LogP contribution in [0.25, 0.3) is 0 Å². The molecule has 0 aromatic rings. The van der Waals surface area contributed by atoms with Crippen molar-refractivity contribution in [3.05, 3.63) is 23.9 Å². The fraction of sp³-hybridized carbons (Fsp3) is 0.333. The molecule has 5 heteroatoms. The van der Waals surface area contributed by atoms with Crippen LogP contribution in [-0.2, 0) is 9.59 Å². The van der Waals surface area contributed by atoms with Gasteiger partial charge in [-0.25, -0.2) is 4.79 Å². The fourth-order valence-corrected chi connectivity index (χ4v) is 2.71. The van der Waals surface area contributed by atoms with Crippen LogP contribution < -0.4 is 0 Å². The van der Waals surface area contributed by atoms with Gasteiger partial charge in [0.1, 0.15) is 5.70 Å². The summed E-state index contributed by atoms with van der Waals surface area (Å²) in [7, 11) is 0. The summed E-state index contributed by atoms with van der Waals surface area (Å²) in [6.07, 6.45) is 2.20. The lowest BCUT2D eigenvalue weighted by Crippen LogP contribution is -2.50. The molecule has 2 heterocycles. The summed E-state index contributed by atoms with van der Waals surface area (Å²) in [5.41, 5.74) is 0.332. The molecule has 0 bridgehead atoms. The number of carboxylic acid groups (broad SMARTS) is 1. The summed E-state index contributed by atoms with van der Waals surface area (Å²) in [4.78, 5) is 24.2. The number of carbonyl (C=O) groups is 2. The van der Waals surface area contributed by atoms with Crippen LogP contribution in [-0.4, -0.2) is 33.0 Å². The molecule has 0 radical (unpaired) electrons. The van der Waals surface area contributed by atoms with E-state index in [1.54, 1.807) is 4.90 Å². The maximum atomic E-state index is 11.5. The minimum atomic E-state index is -1.04. The van der Waals surface area contributed by atoms with Crippen molar-refractivity contribution in [2.24, 2.45) is 0 Å². The van der Waals surface area contributed by atoms with Crippen molar-refractivity contribution in [1.82, 2.24) is 4.90 Å². The molecule has 1 saturated heterocycles. The molecule has 1 atom stereocenters. The molecule has 2 aliphatic rings. The Labute approximate surface area is 85.3 Å². The standard InChI is InChI=1S/C9H9NO3S/c1-2-5-7(8(11)12)10-4-3-6(10)14-9(5)13/h2,6H,1,3-4H2,(H,11,12). The number of hydrogen-bond donors (Lipinski definition) is 1. The predicted molar refractivity (Wildman–Crippen MR) is 52.6 cm³/mol. The average molecular weight is 211 g/mol. The van der Waals surface area contributed by atoms with Crippen LogP contribution in [0.15, 0.2) is 23.9 Å². The molecule has 1 N–H and O–H groups in total. The monoisotopic (exact) mass is 211 g/mol. The second kappa shape index (κ2) is 3.16. The lowest BCUT2D eigenvalue weighted by Gasteiger charge is -2.44. The van der Waals surface area contributed by atoms with E-state index in [1.807, 2.05) is 0 Å². The minimum Gasteiger partial charge on any atom is -0.477 e. The van der Waals surface area contributed by atoms with Gasteiger partial charge in [-0.2, -0.15) is 0 Å². The number of aliphatic carboxylic acids is 1. The molecule has 14 heavy (non-hydrogen) atoms. The topological polar surface area (TPSA) is 57.6 Å². The van der Waals surface area contributed by atoms with Crippen molar-refractivity contribution in [1.29, 1.82) is 0 Å². The first-order chi connectivity index (χ1) is 6.65. The normalized spacial score (nSPS) is 25.6. The highest BCUT2D eigenvalue weighted by molar-refractivity contribution is 8.14. The first-order valence-electron chi connectivity index (χ1n) is 4.22. The van der Waals surface area contributed by atoms with Crippen molar-refractivity contribution < 1.29 is 14.7 Å². The summed E-state index contributed by atoms with van der Waals surface area (Å²) in [5.74, 6) is -1.04. The zero-order valence-electron chi connectivity index (χ0n) is 7.40. The Kier molecular flexibility index (Phi) is 2.11. The summed E-state index contributed by atoms with van der Waals surface area (Å²) in [6, 6.07) is 0. The van der Waals surface area contributed by atoms with Gasteiger partial charge in [-0.05, 0) is 6.42 Å². The van der Waals surface area contributed by atoms with Crippen LogP contribution in [0.4, 0.5) is 0 Å². The Morgan fingerprint density at radius 3 is 2.86 bits per heavy atom. The molecule has 0 saturated carbocycles. The van der Waals surface area contributed by atoms with Crippen LogP contribution in [0.5, 0.6) is 0 Å². The van der Waals surface area contributed by atoms with Gasteiger partial charge >= 0.3 is 5.97 Å². The number of carbonyl (C=O) groups excluding carboxylic acids is 1. The average Bonchev–Trinajstić information content (AvgIpc) is 2.10. The summed E-state index contributed by atoms with van der Waals surface area (Å²) < 4.78 is 0. The summed E-state index contributed by atoms with van der Waals surface area (Å²) in [5, 5.41) is 8.81. The van der Waals surface area contributed by atoms with Gasteiger partial charge in [0, 0.05) is 6.54 Å². The van der Waals surface area contributed by atoms with Gasteiger partial charge in [-0.3, -0.25) is 4.79 Å². The third kappa shape index (κ3) is 1.16. The van der Waals surface area contributed by atoms with Crippen molar-refractivity contribution in [2.45, 2.75) is 11.8 Å². The van der Waals surface area contributed by atoms with Gasteiger partial charge in [-0.1, -0.05) is 24.4 Å². The summed E-state index contributed by atoms with van der Waals surface area (Å²) in [6.45, 7) is 4.18. The third-order valence-corrected chi connectivity index (χ3v) is 3.57. The van der Waals surface area contributed by atoms with Crippen LogP contribution in [0.1, 0.15) is 6.42 Å². The highest BCUT2D eigenvalue weighted by Crippen LogP contribution is 2.39. The second-order valence-electron chi connectivity index (χ2n) is 3.11. The molecule has 0 aromatic carbocycles. The van der Waals surface area contributed by atoms with Gasteiger partial charge in [0.25, 0.3) is 0 Å². The molecule has 4 nitrogen and oxygen atoms in total. The highest BCUT2D eigenvalue weighted by Gasteiger charge is 2.41. The van der Waals surface area contributed by atoms with E-state index in [9.17, 15) is 9.59 Å². The van der Waals surface area contributed by atoms with Gasteiger partial charge in [-0.15, -0.1) is 0 Å². The SMILES string of the molecule is C=CC1=C(C(=O)O)N2CCC2SC1=O. The van der Waals surface area contributed by atoms with Gasteiger partial charge in [0.2, 0.25) is 5.12 Å². The van der Waals surface area contributed by atoms with Gasteiger partial charge in [0.05, 0.1) is 10.9 Å². The zero-order valence-corrected chi connectivity index (χ0v) is 8.21. The Morgan fingerprint density at radius 2 is 2.43 bits per heavy atom. The molecule has 74 valence electrons. The number of hydrogen-bond acceptors (Lipinski definition) is 4. The van der Waals surface area contributed by atoms with Gasteiger partial charge in [0.15, 0.2) is 0 Å². The predicted octanol–water partition coefficient (Wildman–Crippen LogP) is 0.816. The molecule has 0 aliphatic carbocycles. The Bertz CT molecular complexity index is 361. The largest absolute Gasteiger partial charge is 0.477 e. The number of rotatable bonds is 2. The van der Waals surface area contributed by atoms with Crippen molar-refractivity contribution in [3.63, 3.8) is 0 Å². The Hall–Kier alpha value is -1.23. The molecule has 0 aromatic heterocycles. The quantitative estimate of drug-likeness (QED) is 0.732. The van der Waals surface area contributed by atoms with E-state index in [1.165, 1.54) is 17.8 Å². The minimum absolute atomic E-state index is 0.0253. The molecule has 1 fully saturated rings. The number of thioether (sulfide) groups is 1. The van der Waals surface area contributed by atoms with E-state index in [4.69, 9.17) is 5.11 Å². The van der Waals surface area contributed by atoms with Crippen molar-refractivity contribution >= 4 is 22.8 Å². The molecule has 2 rings (SSSR count). The molecule has 1 unspecified atom stereocenters. The van der Waals surface area contributed by atoms with Crippen LogP contribution in [0, 0.1) is 0 Å². The first-order valence-corrected chi connectivity index (χ1v) is 5.10. The zero-order chi connectivity index (χ0) is 10.3. The van der Waals surface area contributed by atoms with Crippen molar-refractivity contribution in [2.75, 3.05) is 6.54 Å². The Morgan fingerprint density at radius 1 is 1.71 bits per heavy atom. The summed E-state index contributed by atoms with van der Waals surface area (Å²) >= 11 is 1.18. The second-order valence-corrected chi connectivity index (χ2v) is 4.26. The van der Waals surface area contributed by atoms with E-state index in [0.717, 1.165) is 6.42 Å². The number of nitrogens with zero attached hydrogens (tertiary/aromatic N) is 1. The van der Waals surface area contributed by atoms with Gasteiger partial charge < -0.3 is 10.0 Å². The lowest BCUT2D eigenvalue weighted by atomic mass is 10.1. The maximum Gasteiger partial charge on any atom is 0.352 e. The maximum absolute atomic E-state index is 11.5. The van der Waals surface area contributed by atoms with Crippen LogP contribution >= 0.6 is 11.8 Å². The molecule has 0 amide bonds. The fourth-order valence-electron chi connectivity index (χ4n) is 1.60. The molecular weight excluding hydrogens is 202 g/mol. The molecule has 0 spiro atoms. The first kappa shape index (κ1) is 9.33. The smallest absolute Gasteiger partial charge is 0.352 e. The van der Waals surface area contributed by atoms with E-state index in [-0.39, 0.29) is 21.8 Å².